The second-order valence-electron chi connectivity index (χ2n) is 8.00. The Morgan fingerprint density at radius 2 is 1.53 bits per heavy atom. The smallest absolute Gasteiger partial charge is 0.253 e. The topological polar surface area (TPSA) is 62.5 Å². The number of amides is 1. The molecule has 0 unspecified atom stereocenters. The fourth-order valence-corrected chi connectivity index (χ4v) is 4.57. The van der Waals surface area contributed by atoms with E-state index in [0.29, 0.717) is 17.3 Å². The lowest BCUT2D eigenvalue weighted by Gasteiger charge is -2.34. The molecule has 1 fully saturated rings. The van der Waals surface area contributed by atoms with E-state index in [1.807, 2.05) is 60.4 Å². The highest BCUT2D eigenvalue weighted by atomic mass is 32.1. The van der Waals surface area contributed by atoms with Crippen molar-refractivity contribution in [2.45, 2.75) is 13.5 Å². The number of nitrogens with zero attached hydrogens (tertiary/aromatic N) is 4. The standard InChI is InChI=1S/C25H24N4O2S/c1-18-4-6-19(7-5-18)23-26-27-24(31-23)20-8-10-21(11-9-20)25(30)29-14-12-28(13-15-29)17-22-3-2-16-32-22/h2-11,16H,12-15,17H2,1H3. The first-order valence-corrected chi connectivity index (χ1v) is 11.6. The lowest BCUT2D eigenvalue weighted by Crippen LogP contribution is -2.48. The molecule has 162 valence electrons. The summed E-state index contributed by atoms with van der Waals surface area (Å²) in [7, 11) is 0. The maximum Gasteiger partial charge on any atom is 0.253 e. The number of rotatable bonds is 5. The van der Waals surface area contributed by atoms with E-state index in [1.165, 1.54) is 10.4 Å². The van der Waals surface area contributed by atoms with E-state index in [-0.39, 0.29) is 5.91 Å². The number of benzene rings is 2. The lowest BCUT2D eigenvalue weighted by atomic mass is 10.1. The first-order chi connectivity index (χ1) is 15.7. The molecule has 1 saturated heterocycles. The second-order valence-corrected chi connectivity index (χ2v) is 9.04. The Kier molecular flexibility index (Phi) is 5.83. The van der Waals surface area contributed by atoms with Crippen LogP contribution >= 0.6 is 11.3 Å². The molecular formula is C25H24N4O2S. The number of piperazine rings is 1. The summed E-state index contributed by atoms with van der Waals surface area (Å²) in [6.45, 7) is 6.28. The molecule has 5 rings (SSSR count). The fourth-order valence-electron chi connectivity index (χ4n) is 3.82. The van der Waals surface area contributed by atoms with Gasteiger partial charge in [0.2, 0.25) is 11.8 Å². The van der Waals surface area contributed by atoms with Gasteiger partial charge in [0.05, 0.1) is 0 Å². The summed E-state index contributed by atoms with van der Waals surface area (Å²) >= 11 is 1.78. The van der Waals surface area contributed by atoms with Crippen molar-refractivity contribution in [3.8, 4) is 22.9 Å². The van der Waals surface area contributed by atoms with Crippen molar-refractivity contribution in [3.05, 3.63) is 82.0 Å². The summed E-state index contributed by atoms with van der Waals surface area (Å²) in [6, 6.07) is 19.6. The molecule has 0 aliphatic carbocycles. The molecule has 1 amide bonds. The number of aromatic nitrogens is 2. The van der Waals surface area contributed by atoms with Crippen LogP contribution in [0.1, 0.15) is 20.8 Å². The maximum absolute atomic E-state index is 12.9. The van der Waals surface area contributed by atoms with Crippen molar-refractivity contribution in [2.24, 2.45) is 0 Å². The van der Waals surface area contributed by atoms with Crippen LogP contribution in [0.4, 0.5) is 0 Å². The van der Waals surface area contributed by atoms with Crippen molar-refractivity contribution in [1.82, 2.24) is 20.0 Å². The molecule has 0 saturated carbocycles. The van der Waals surface area contributed by atoms with Crippen LogP contribution in [-0.2, 0) is 6.54 Å². The van der Waals surface area contributed by atoms with E-state index in [4.69, 9.17) is 4.42 Å². The predicted octanol–water partition coefficient (Wildman–Crippen LogP) is 4.73. The Bertz CT molecular complexity index is 1180. The third-order valence-electron chi connectivity index (χ3n) is 5.72. The van der Waals surface area contributed by atoms with Crippen molar-refractivity contribution in [3.63, 3.8) is 0 Å². The van der Waals surface area contributed by atoms with E-state index >= 15 is 0 Å². The van der Waals surface area contributed by atoms with Crippen LogP contribution in [0.5, 0.6) is 0 Å². The van der Waals surface area contributed by atoms with Gasteiger partial charge in [-0.15, -0.1) is 21.5 Å². The summed E-state index contributed by atoms with van der Waals surface area (Å²) in [5.74, 6) is 1.00. The Hall–Kier alpha value is -3.29. The number of hydrogen-bond donors (Lipinski definition) is 0. The van der Waals surface area contributed by atoms with Crippen molar-refractivity contribution in [2.75, 3.05) is 26.2 Å². The van der Waals surface area contributed by atoms with Gasteiger partial charge in [0.1, 0.15) is 0 Å². The zero-order chi connectivity index (χ0) is 21.9. The normalized spacial score (nSPS) is 14.6. The average molecular weight is 445 g/mol. The van der Waals surface area contributed by atoms with Crippen LogP contribution in [0.3, 0.4) is 0 Å². The molecule has 1 aliphatic rings. The maximum atomic E-state index is 12.9. The number of thiophene rings is 1. The van der Waals surface area contributed by atoms with E-state index in [2.05, 4.69) is 32.6 Å². The summed E-state index contributed by atoms with van der Waals surface area (Å²) < 4.78 is 5.84. The largest absolute Gasteiger partial charge is 0.416 e. The summed E-state index contributed by atoms with van der Waals surface area (Å²) in [5, 5.41) is 10.4. The average Bonchev–Trinajstić information content (AvgIpc) is 3.52. The molecular weight excluding hydrogens is 420 g/mol. The van der Waals surface area contributed by atoms with Crippen LogP contribution < -0.4 is 0 Å². The molecule has 0 N–H and O–H groups in total. The van der Waals surface area contributed by atoms with Gasteiger partial charge < -0.3 is 9.32 Å². The van der Waals surface area contributed by atoms with Gasteiger partial charge in [-0.05, 0) is 54.8 Å². The molecule has 0 spiro atoms. The SMILES string of the molecule is Cc1ccc(-c2nnc(-c3ccc(C(=O)N4CCN(Cc5cccs5)CC4)cc3)o2)cc1. The number of hydrogen-bond acceptors (Lipinski definition) is 6. The number of carbonyl (C=O) groups excluding carboxylic acids is 1. The number of aryl methyl sites for hydroxylation is 1. The molecule has 1 aliphatic heterocycles. The molecule has 32 heavy (non-hydrogen) atoms. The van der Waals surface area contributed by atoms with Crippen LogP contribution in [0.2, 0.25) is 0 Å². The molecule has 2 aromatic carbocycles. The van der Waals surface area contributed by atoms with E-state index in [0.717, 1.165) is 43.9 Å². The van der Waals surface area contributed by atoms with Crippen LogP contribution in [0, 0.1) is 6.92 Å². The highest BCUT2D eigenvalue weighted by Crippen LogP contribution is 2.25. The van der Waals surface area contributed by atoms with Crippen LogP contribution in [0.15, 0.2) is 70.5 Å². The Balaban J connectivity index is 1.21. The van der Waals surface area contributed by atoms with Gasteiger partial charge in [-0.1, -0.05) is 23.8 Å². The molecule has 4 aromatic rings. The monoisotopic (exact) mass is 444 g/mol. The van der Waals surface area contributed by atoms with Crippen LogP contribution in [0.25, 0.3) is 22.9 Å². The Morgan fingerprint density at radius 1 is 0.906 bits per heavy atom. The first-order valence-electron chi connectivity index (χ1n) is 10.7. The minimum atomic E-state index is 0.0678. The van der Waals surface area contributed by atoms with Gasteiger partial charge in [0.15, 0.2) is 0 Å². The van der Waals surface area contributed by atoms with Gasteiger partial charge >= 0.3 is 0 Å². The fraction of sp³-hybridized carbons (Fsp3) is 0.240. The first kappa shape index (κ1) is 20.6. The zero-order valence-corrected chi connectivity index (χ0v) is 18.7. The minimum Gasteiger partial charge on any atom is -0.416 e. The molecule has 6 nitrogen and oxygen atoms in total. The third-order valence-corrected chi connectivity index (χ3v) is 6.58. The summed E-state index contributed by atoms with van der Waals surface area (Å²) in [6.07, 6.45) is 0. The molecule has 7 heteroatoms. The van der Waals surface area contributed by atoms with Gasteiger partial charge in [-0.2, -0.15) is 0 Å². The molecule has 3 heterocycles. The van der Waals surface area contributed by atoms with Gasteiger partial charge in [0.25, 0.3) is 5.91 Å². The van der Waals surface area contributed by atoms with Crippen LogP contribution in [-0.4, -0.2) is 52.1 Å². The summed E-state index contributed by atoms with van der Waals surface area (Å²) in [4.78, 5) is 18.6. The van der Waals surface area contributed by atoms with Crippen molar-refractivity contribution < 1.29 is 9.21 Å². The molecule has 0 bridgehead atoms. The van der Waals surface area contributed by atoms with Crippen molar-refractivity contribution in [1.29, 1.82) is 0 Å². The highest BCUT2D eigenvalue weighted by Gasteiger charge is 2.22. The van der Waals surface area contributed by atoms with Gasteiger partial charge in [-0.25, -0.2) is 0 Å². The van der Waals surface area contributed by atoms with Gasteiger partial charge in [0, 0.05) is 54.3 Å². The molecule has 0 atom stereocenters. The predicted molar refractivity (Wildman–Crippen MR) is 125 cm³/mol. The lowest BCUT2D eigenvalue weighted by molar-refractivity contribution is 0.0629. The minimum absolute atomic E-state index is 0.0678. The Morgan fingerprint density at radius 3 is 2.12 bits per heavy atom. The summed E-state index contributed by atoms with van der Waals surface area (Å²) in [5.41, 5.74) is 3.55. The van der Waals surface area contributed by atoms with Crippen molar-refractivity contribution >= 4 is 17.2 Å². The number of carbonyl (C=O) groups is 1. The van der Waals surface area contributed by atoms with Gasteiger partial charge in [-0.3, -0.25) is 9.69 Å². The molecule has 2 aromatic heterocycles. The van der Waals surface area contributed by atoms with E-state index in [9.17, 15) is 4.79 Å². The quantitative estimate of drug-likeness (QED) is 0.445. The zero-order valence-electron chi connectivity index (χ0n) is 17.9. The highest BCUT2D eigenvalue weighted by molar-refractivity contribution is 7.09. The van der Waals surface area contributed by atoms with E-state index in [1.54, 1.807) is 11.3 Å². The van der Waals surface area contributed by atoms with E-state index < -0.39 is 0 Å². The third kappa shape index (κ3) is 4.49. The Labute approximate surface area is 191 Å². The molecule has 0 radical (unpaired) electrons. The second kappa shape index (κ2) is 9.06.